The van der Waals surface area contributed by atoms with Crippen molar-refractivity contribution in [3.05, 3.63) is 0 Å². The first-order chi connectivity index (χ1) is 3.72. The van der Waals surface area contributed by atoms with Gasteiger partial charge >= 0.3 is 0 Å². The lowest BCUT2D eigenvalue weighted by Crippen LogP contribution is -2.12. The molecule has 8 heavy (non-hydrogen) atoms. The summed E-state index contributed by atoms with van der Waals surface area (Å²) in [6.45, 7) is 0. The summed E-state index contributed by atoms with van der Waals surface area (Å²) in [5.41, 5.74) is 0. The van der Waals surface area contributed by atoms with Crippen LogP contribution in [0.1, 0.15) is 0 Å². The Balaban J connectivity index is 3.35. The molecule has 0 aromatic heterocycles. The second kappa shape index (κ2) is 4.99. The van der Waals surface area contributed by atoms with E-state index < -0.39 is 4.84 Å². The Morgan fingerprint density at radius 2 is 1.38 bits per heavy atom. The summed E-state index contributed by atoms with van der Waals surface area (Å²) in [6, 6.07) is 0. The van der Waals surface area contributed by atoms with Gasteiger partial charge in [-0.25, -0.2) is 0 Å². The molecule has 0 unspecified atom stereocenters. The molecule has 50 valence electrons. The molecule has 0 saturated carbocycles. The van der Waals surface area contributed by atoms with Gasteiger partial charge in [-0.3, -0.25) is 0 Å². The second-order valence-electron chi connectivity index (χ2n) is 1.40. The Kier molecular flexibility index (Phi) is 5.71. The predicted molar refractivity (Wildman–Crippen MR) is 40.4 cm³/mol. The summed E-state index contributed by atoms with van der Waals surface area (Å²) in [4.78, 5) is -0.440. The van der Waals surface area contributed by atoms with E-state index in [1.165, 1.54) is 0 Å². The van der Waals surface area contributed by atoms with Gasteiger partial charge in [0.15, 0.2) is 0 Å². The third-order valence-electron chi connectivity index (χ3n) is 0.753. The van der Waals surface area contributed by atoms with Gasteiger partial charge in [0.1, 0.15) is 4.84 Å². The maximum atomic E-state index is 5.44. The van der Waals surface area contributed by atoms with Crippen molar-refractivity contribution in [2.24, 2.45) is 5.92 Å². The fraction of sp³-hybridized carbons (Fsp3) is 1.00. The van der Waals surface area contributed by atoms with E-state index in [4.69, 9.17) is 46.4 Å². The minimum Gasteiger partial charge on any atom is -0.126 e. The summed E-state index contributed by atoms with van der Waals surface area (Å²) in [6.07, 6.45) is 0. The number of hydrogen-bond donors (Lipinski definition) is 0. The summed E-state index contributed by atoms with van der Waals surface area (Å²) in [5, 5.41) is 0. The molecule has 0 nitrogen and oxygen atoms in total. The van der Waals surface area contributed by atoms with E-state index in [2.05, 4.69) is 0 Å². The van der Waals surface area contributed by atoms with Crippen LogP contribution in [0, 0.1) is 5.92 Å². The van der Waals surface area contributed by atoms with Gasteiger partial charge in [-0.2, -0.15) is 0 Å². The molecule has 0 amide bonds. The molecule has 0 N–H and O–H groups in total. The van der Waals surface area contributed by atoms with Gasteiger partial charge in [-0.15, -0.1) is 46.4 Å². The Morgan fingerprint density at radius 1 is 1.00 bits per heavy atom. The summed E-state index contributed by atoms with van der Waals surface area (Å²) >= 11 is 21.7. The van der Waals surface area contributed by atoms with E-state index in [9.17, 15) is 0 Å². The monoisotopic (exact) mass is 194 g/mol. The van der Waals surface area contributed by atoms with Gasteiger partial charge in [0.05, 0.1) is 0 Å². The van der Waals surface area contributed by atoms with Crippen LogP contribution in [0.3, 0.4) is 0 Å². The zero-order valence-electron chi connectivity index (χ0n) is 4.08. The molecule has 0 aromatic rings. The van der Waals surface area contributed by atoms with Gasteiger partial charge in [0.2, 0.25) is 0 Å². The Bertz CT molecular complexity index is 50.0. The van der Waals surface area contributed by atoms with E-state index in [-0.39, 0.29) is 5.92 Å². The number of rotatable bonds is 3. The number of hydrogen-bond acceptors (Lipinski definition) is 0. The van der Waals surface area contributed by atoms with Crippen molar-refractivity contribution in [1.29, 1.82) is 0 Å². The molecule has 0 aliphatic rings. The Morgan fingerprint density at radius 3 is 1.38 bits per heavy atom. The highest BCUT2D eigenvalue weighted by atomic mass is 35.5. The van der Waals surface area contributed by atoms with Crippen LogP contribution in [-0.4, -0.2) is 16.6 Å². The molecule has 0 fully saturated rings. The molecule has 0 aromatic carbocycles. The first-order valence-electron chi connectivity index (χ1n) is 2.12. The molecule has 0 bridgehead atoms. The molecule has 0 saturated heterocycles. The Labute approximate surface area is 69.0 Å². The van der Waals surface area contributed by atoms with Gasteiger partial charge < -0.3 is 0 Å². The molecule has 0 rings (SSSR count). The highest BCUT2D eigenvalue weighted by Gasteiger charge is 2.13. The van der Waals surface area contributed by atoms with Gasteiger partial charge in [0.25, 0.3) is 0 Å². The lowest BCUT2D eigenvalue weighted by atomic mass is 10.3. The third kappa shape index (κ3) is 3.24. The van der Waals surface area contributed by atoms with E-state index in [0.717, 1.165) is 0 Å². The zero-order valence-corrected chi connectivity index (χ0v) is 7.10. The van der Waals surface area contributed by atoms with Crippen molar-refractivity contribution in [2.45, 2.75) is 4.84 Å². The van der Waals surface area contributed by atoms with Crippen molar-refractivity contribution < 1.29 is 0 Å². The molecular weight excluding hydrogens is 190 g/mol. The number of halogens is 4. The molecule has 0 spiro atoms. The zero-order chi connectivity index (χ0) is 6.57. The molecule has 0 aliphatic carbocycles. The topological polar surface area (TPSA) is 0 Å². The van der Waals surface area contributed by atoms with Crippen molar-refractivity contribution >= 4 is 46.4 Å². The molecule has 0 heterocycles. The van der Waals surface area contributed by atoms with Crippen LogP contribution in [0.4, 0.5) is 0 Å². The smallest absolute Gasteiger partial charge is 0.112 e. The minimum atomic E-state index is -0.440. The van der Waals surface area contributed by atoms with E-state index in [0.29, 0.717) is 11.8 Å². The quantitative estimate of drug-likeness (QED) is 0.608. The van der Waals surface area contributed by atoms with Gasteiger partial charge in [-0.1, -0.05) is 0 Å². The highest BCUT2D eigenvalue weighted by molar-refractivity contribution is 6.45. The summed E-state index contributed by atoms with van der Waals surface area (Å²) < 4.78 is 0. The van der Waals surface area contributed by atoms with E-state index in [1.54, 1.807) is 0 Å². The first-order valence-corrected chi connectivity index (χ1v) is 4.06. The van der Waals surface area contributed by atoms with E-state index in [1.807, 2.05) is 0 Å². The van der Waals surface area contributed by atoms with E-state index >= 15 is 0 Å². The van der Waals surface area contributed by atoms with Crippen LogP contribution in [0.15, 0.2) is 0 Å². The van der Waals surface area contributed by atoms with Crippen LogP contribution < -0.4 is 0 Å². The fourth-order valence-corrected chi connectivity index (χ4v) is 1.58. The van der Waals surface area contributed by atoms with Crippen LogP contribution >= 0.6 is 46.4 Å². The number of alkyl halides is 4. The average Bonchev–Trinajstić information content (AvgIpc) is 1.69. The van der Waals surface area contributed by atoms with Crippen LogP contribution in [0.2, 0.25) is 0 Å². The Hall–Kier alpha value is 1.16. The molecular formula is C4H6Cl4. The van der Waals surface area contributed by atoms with Crippen molar-refractivity contribution in [3.8, 4) is 0 Å². The molecule has 0 atom stereocenters. The highest BCUT2D eigenvalue weighted by Crippen LogP contribution is 2.17. The summed E-state index contributed by atoms with van der Waals surface area (Å²) in [7, 11) is 0. The first kappa shape index (κ1) is 9.16. The molecule has 0 radical (unpaired) electrons. The van der Waals surface area contributed by atoms with Crippen LogP contribution in [-0.2, 0) is 0 Å². The minimum absolute atomic E-state index is 0.0154. The van der Waals surface area contributed by atoms with Gasteiger partial charge in [-0.05, 0) is 0 Å². The largest absolute Gasteiger partial charge is 0.126 e. The summed E-state index contributed by atoms with van der Waals surface area (Å²) in [5.74, 6) is 0.851. The maximum absolute atomic E-state index is 5.44. The standard InChI is InChI=1S/C4H6Cl4/c5-1-3(2-6)4(7)8/h3-4H,1-2H2. The predicted octanol–water partition coefficient (Wildman–Crippen LogP) is 2.88. The molecule has 0 aliphatic heterocycles. The van der Waals surface area contributed by atoms with Crippen LogP contribution in [0.5, 0.6) is 0 Å². The fourth-order valence-electron chi connectivity index (χ4n) is 0.176. The lowest BCUT2D eigenvalue weighted by molar-refractivity contribution is 0.725. The van der Waals surface area contributed by atoms with Crippen LogP contribution in [0.25, 0.3) is 0 Å². The van der Waals surface area contributed by atoms with Gasteiger partial charge in [0, 0.05) is 17.7 Å². The third-order valence-corrected chi connectivity index (χ3v) is 2.26. The van der Waals surface area contributed by atoms with Crippen molar-refractivity contribution in [2.75, 3.05) is 11.8 Å². The maximum Gasteiger partial charge on any atom is 0.112 e. The average molecular weight is 196 g/mol. The lowest BCUT2D eigenvalue weighted by Gasteiger charge is -2.08. The normalized spacial score (nSPS) is 11.2. The SMILES string of the molecule is ClCC(CCl)C(Cl)Cl. The van der Waals surface area contributed by atoms with Crippen molar-refractivity contribution in [3.63, 3.8) is 0 Å². The second-order valence-corrected chi connectivity index (χ2v) is 3.18. The van der Waals surface area contributed by atoms with Crippen molar-refractivity contribution in [1.82, 2.24) is 0 Å². The molecule has 4 heteroatoms.